The normalized spacial score (nSPS) is 22.1. The number of hydrogen-bond donors (Lipinski definition) is 3. The van der Waals surface area contributed by atoms with Gasteiger partial charge in [-0.05, 0) is 6.08 Å². The highest BCUT2D eigenvalue weighted by Crippen LogP contribution is 2.08. The van der Waals surface area contributed by atoms with Crippen LogP contribution in [0.15, 0.2) is 12.3 Å². The zero-order valence-corrected chi connectivity index (χ0v) is 7.28. The van der Waals surface area contributed by atoms with E-state index in [-0.39, 0.29) is 18.2 Å². The third kappa shape index (κ3) is 2.66. The topological polar surface area (TPSA) is 91.4 Å². The van der Waals surface area contributed by atoms with E-state index >= 15 is 0 Å². The molecule has 6 heteroatoms. The molecule has 0 aliphatic carbocycles. The number of cyclic esters (lactones) is 1. The third-order valence-electron chi connectivity index (χ3n) is 1.57. The number of nitrogens with two attached hydrogens (primary N) is 1. The first-order valence-corrected chi connectivity index (χ1v) is 3.78. The summed E-state index contributed by atoms with van der Waals surface area (Å²) in [5.41, 5.74) is 5.03. The Morgan fingerprint density at radius 1 is 1.92 bits per heavy atom. The highest BCUT2D eigenvalue weighted by atomic mass is 16.6. The molecule has 4 N–H and O–H groups in total. The van der Waals surface area contributed by atoms with Crippen molar-refractivity contribution in [3.05, 3.63) is 12.3 Å². The quantitative estimate of drug-likeness (QED) is 0.396. The monoisotopic (exact) mass is 184 g/mol. The Morgan fingerprint density at radius 2 is 2.62 bits per heavy atom. The van der Waals surface area contributed by atoms with E-state index in [4.69, 9.17) is 15.9 Å². The first-order chi connectivity index (χ1) is 6.09. The van der Waals surface area contributed by atoms with E-state index in [0.717, 1.165) is 0 Å². The van der Waals surface area contributed by atoms with Crippen LogP contribution in [0, 0.1) is 5.41 Å². The van der Waals surface area contributed by atoms with Crippen molar-refractivity contribution >= 4 is 12.1 Å². The average molecular weight is 184 g/mol. The van der Waals surface area contributed by atoms with Gasteiger partial charge in [0, 0.05) is 13.2 Å². The Bertz CT molecular complexity index is 251. The molecule has 6 nitrogen and oxygen atoms in total. The molecule has 0 aromatic rings. The van der Waals surface area contributed by atoms with E-state index in [0.29, 0.717) is 6.54 Å². The summed E-state index contributed by atoms with van der Waals surface area (Å²) in [5, 5.41) is 9.32. The number of nitrogens with zero attached hydrogens (tertiary/aromatic N) is 1. The van der Waals surface area contributed by atoms with Crippen LogP contribution in [0.4, 0.5) is 4.79 Å². The van der Waals surface area contributed by atoms with Gasteiger partial charge in [0.2, 0.25) is 0 Å². The predicted octanol–water partition coefficient (Wildman–Crippen LogP) is -0.566. The summed E-state index contributed by atoms with van der Waals surface area (Å²) in [6.45, 7) is 0.523. The Hall–Kier alpha value is -1.72. The fourth-order valence-corrected chi connectivity index (χ4v) is 0.947. The van der Waals surface area contributed by atoms with E-state index in [2.05, 4.69) is 5.32 Å². The summed E-state index contributed by atoms with van der Waals surface area (Å²) >= 11 is 0. The molecule has 1 heterocycles. The van der Waals surface area contributed by atoms with Gasteiger partial charge in [0.05, 0.1) is 6.54 Å². The molecule has 1 fully saturated rings. The van der Waals surface area contributed by atoms with Crippen molar-refractivity contribution in [2.75, 3.05) is 13.6 Å². The van der Waals surface area contributed by atoms with E-state index in [9.17, 15) is 4.79 Å². The Morgan fingerprint density at radius 3 is 3.08 bits per heavy atom. The SMILES string of the molecule is CN1C[C@@H](/C=C/NC(=N)N)OC1=O. The highest BCUT2D eigenvalue weighted by molar-refractivity contribution is 5.75. The van der Waals surface area contributed by atoms with Crippen LogP contribution in [-0.2, 0) is 4.74 Å². The molecule has 1 rings (SSSR count). The molecule has 0 aromatic heterocycles. The number of guanidine groups is 1. The van der Waals surface area contributed by atoms with Crippen molar-refractivity contribution in [3.8, 4) is 0 Å². The molecule has 0 radical (unpaired) electrons. The summed E-state index contributed by atoms with van der Waals surface area (Å²) in [7, 11) is 1.66. The highest BCUT2D eigenvalue weighted by Gasteiger charge is 2.25. The second-order valence-corrected chi connectivity index (χ2v) is 2.72. The van der Waals surface area contributed by atoms with Gasteiger partial charge in [-0.2, -0.15) is 0 Å². The zero-order chi connectivity index (χ0) is 9.84. The number of likely N-dealkylation sites (N-methyl/N-ethyl adjacent to an activating group) is 1. The summed E-state index contributed by atoms with van der Waals surface area (Å²) < 4.78 is 4.90. The molecule has 1 amide bonds. The van der Waals surface area contributed by atoms with E-state index in [1.165, 1.54) is 11.1 Å². The smallest absolute Gasteiger partial charge is 0.410 e. The Kier molecular flexibility index (Phi) is 2.73. The molecule has 0 unspecified atom stereocenters. The first-order valence-electron chi connectivity index (χ1n) is 3.78. The van der Waals surface area contributed by atoms with Gasteiger partial charge < -0.3 is 20.7 Å². The molecular weight excluding hydrogens is 172 g/mol. The van der Waals surface area contributed by atoms with E-state index < -0.39 is 0 Å². The molecule has 0 spiro atoms. The Balaban J connectivity index is 2.35. The first kappa shape index (κ1) is 9.37. The van der Waals surface area contributed by atoms with Crippen LogP contribution in [0.2, 0.25) is 0 Å². The third-order valence-corrected chi connectivity index (χ3v) is 1.57. The van der Waals surface area contributed by atoms with Crippen molar-refractivity contribution in [3.63, 3.8) is 0 Å². The molecule has 0 aromatic carbocycles. The molecule has 1 aliphatic rings. The van der Waals surface area contributed by atoms with Crippen molar-refractivity contribution in [2.24, 2.45) is 5.73 Å². The number of amides is 1. The molecule has 1 aliphatic heterocycles. The fourth-order valence-electron chi connectivity index (χ4n) is 0.947. The van der Waals surface area contributed by atoms with Crippen LogP contribution in [0.1, 0.15) is 0 Å². The lowest BCUT2D eigenvalue weighted by atomic mass is 10.3. The summed E-state index contributed by atoms with van der Waals surface area (Å²) in [6, 6.07) is 0. The van der Waals surface area contributed by atoms with Gasteiger partial charge in [0.15, 0.2) is 5.96 Å². The number of rotatable bonds is 2. The van der Waals surface area contributed by atoms with Crippen LogP contribution in [0.3, 0.4) is 0 Å². The minimum absolute atomic E-state index is 0.145. The fraction of sp³-hybridized carbons (Fsp3) is 0.429. The lowest BCUT2D eigenvalue weighted by Gasteiger charge is -2.01. The van der Waals surface area contributed by atoms with Crippen LogP contribution >= 0.6 is 0 Å². The lowest BCUT2D eigenvalue weighted by molar-refractivity contribution is 0.148. The lowest BCUT2D eigenvalue weighted by Crippen LogP contribution is -2.25. The molecular formula is C7H12N4O2. The van der Waals surface area contributed by atoms with Gasteiger partial charge in [-0.15, -0.1) is 0 Å². The maximum Gasteiger partial charge on any atom is 0.410 e. The number of carbonyl (C=O) groups is 1. The second-order valence-electron chi connectivity index (χ2n) is 2.72. The predicted molar refractivity (Wildman–Crippen MR) is 47.1 cm³/mol. The van der Waals surface area contributed by atoms with Gasteiger partial charge >= 0.3 is 6.09 Å². The summed E-state index contributed by atoms with van der Waals surface area (Å²) in [6.07, 6.45) is 2.53. The second kappa shape index (κ2) is 3.79. The molecule has 0 saturated carbocycles. The number of nitrogens with one attached hydrogen (secondary N) is 2. The molecule has 0 bridgehead atoms. The van der Waals surface area contributed by atoms with Crippen LogP contribution in [0.25, 0.3) is 0 Å². The maximum absolute atomic E-state index is 10.9. The van der Waals surface area contributed by atoms with Gasteiger partial charge in [0.25, 0.3) is 0 Å². The van der Waals surface area contributed by atoms with Crippen LogP contribution in [-0.4, -0.2) is 36.6 Å². The van der Waals surface area contributed by atoms with Gasteiger partial charge in [-0.3, -0.25) is 5.41 Å². The van der Waals surface area contributed by atoms with E-state index in [1.54, 1.807) is 13.1 Å². The number of hydrogen-bond acceptors (Lipinski definition) is 3. The standard InChI is InChI=1S/C7H12N4O2/c1-11-4-5(13-7(11)12)2-3-10-6(8)9/h2-3,5H,4H2,1H3,(H4,8,9,10)/b3-2+/t5-/m1/s1. The van der Waals surface area contributed by atoms with Crippen molar-refractivity contribution in [2.45, 2.75) is 6.10 Å². The zero-order valence-electron chi connectivity index (χ0n) is 7.28. The Labute approximate surface area is 75.8 Å². The maximum atomic E-state index is 10.9. The van der Waals surface area contributed by atoms with Gasteiger partial charge in [0.1, 0.15) is 6.10 Å². The summed E-state index contributed by atoms with van der Waals surface area (Å²) in [5.74, 6) is -0.145. The van der Waals surface area contributed by atoms with Crippen LogP contribution < -0.4 is 11.1 Å². The van der Waals surface area contributed by atoms with E-state index in [1.807, 2.05) is 0 Å². The van der Waals surface area contributed by atoms with Crippen molar-refractivity contribution in [1.29, 1.82) is 5.41 Å². The minimum Gasteiger partial charge on any atom is -0.440 e. The molecule has 13 heavy (non-hydrogen) atoms. The average Bonchev–Trinajstić information content (AvgIpc) is 2.30. The number of carbonyl (C=O) groups excluding carboxylic acids is 1. The largest absolute Gasteiger partial charge is 0.440 e. The molecule has 1 saturated heterocycles. The molecule has 1 atom stereocenters. The number of ether oxygens (including phenoxy) is 1. The van der Waals surface area contributed by atoms with Crippen molar-refractivity contribution in [1.82, 2.24) is 10.2 Å². The van der Waals surface area contributed by atoms with Gasteiger partial charge in [-0.1, -0.05) is 0 Å². The minimum atomic E-state index is -0.336. The van der Waals surface area contributed by atoms with Crippen molar-refractivity contribution < 1.29 is 9.53 Å². The summed E-state index contributed by atoms with van der Waals surface area (Å²) in [4.78, 5) is 12.3. The van der Waals surface area contributed by atoms with Crippen LogP contribution in [0.5, 0.6) is 0 Å². The molecule has 72 valence electrons. The van der Waals surface area contributed by atoms with Gasteiger partial charge in [-0.25, -0.2) is 4.79 Å².